The highest BCUT2D eigenvalue weighted by Crippen LogP contribution is 2.26. The molecule has 132 valence electrons. The Balaban J connectivity index is 2.28. The molecule has 1 saturated heterocycles. The second kappa shape index (κ2) is 7.29. The normalized spacial score (nSPS) is 20.5. The smallest absolute Gasteiger partial charge is 0.326 e. The van der Waals surface area contributed by atoms with E-state index in [4.69, 9.17) is 23.2 Å². The number of benzene rings is 1. The van der Waals surface area contributed by atoms with Crippen LogP contribution in [-0.4, -0.2) is 47.8 Å². The number of nitrogens with zero attached hydrogens (tertiary/aromatic N) is 1. The Morgan fingerprint density at radius 1 is 1.38 bits per heavy atom. The predicted octanol–water partition coefficient (Wildman–Crippen LogP) is 2.23. The lowest BCUT2D eigenvalue weighted by atomic mass is 10.1. The highest BCUT2D eigenvalue weighted by Gasteiger charge is 2.38. The van der Waals surface area contributed by atoms with Gasteiger partial charge in [0, 0.05) is 16.6 Å². The van der Waals surface area contributed by atoms with Crippen LogP contribution in [0, 0.1) is 5.92 Å². The van der Waals surface area contributed by atoms with Gasteiger partial charge in [0.15, 0.2) is 9.84 Å². The summed E-state index contributed by atoms with van der Waals surface area (Å²) in [7, 11) is -3.25. The molecule has 0 aromatic heterocycles. The maximum Gasteiger partial charge on any atom is 0.326 e. The summed E-state index contributed by atoms with van der Waals surface area (Å²) in [6.07, 6.45) is 0.207. The molecule has 1 aromatic rings. The topological polar surface area (TPSA) is 91.8 Å². The van der Waals surface area contributed by atoms with E-state index in [9.17, 15) is 23.1 Å². The molecule has 0 bridgehead atoms. The van der Waals surface area contributed by atoms with Gasteiger partial charge in [0.05, 0.1) is 17.4 Å². The number of rotatable bonds is 5. The molecule has 1 aliphatic heterocycles. The summed E-state index contributed by atoms with van der Waals surface area (Å²) in [6, 6.07) is 3.61. The van der Waals surface area contributed by atoms with Gasteiger partial charge in [0.2, 0.25) is 5.91 Å². The molecule has 1 amide bonds. The molecule has 2 rings (SSSR count). The summed E-state index contributed by atoms with van der Waals surface area (Å²) in [6.45, 7) is 1.35. The number of carbonyl (C=O) groups excluding carboxylic acids is 1. The Hall–Kier alpha value is -1.31. The Kier molecular flexibility index (Phi) is 5.78. The lowest BCUT2D eigenvalue weighted by Gasteiger charge is -2.29. The van der Waals surface area contributed by atoms with Gasteiger partial charge in [0.1, 0.15) is 6.04 Å². The largest absolute Gasteiger partial charge is 0.480 e. The number of hydrogen-bond acceptors (Lipinski definition) is 4. The molecule has 0 aliphatic carbocycles. The Morgan fingerprint density at radius 2 is 2.04 bits per heavy atom. The van der Waals surface area contributed by atoms with Crippen molar-refractivity contribution in [2.75, 3.05) is 11.5 Å². The van der Waals surface area contributed by atoms with Crippen LogP contribution < -0.4 is 0 Å². The van der Waals surface area contributed by atoms with E-state index in [0.717, 1.165) is 4.90 Å². The monoisotopic (exact) mass is 393 g/mol. The van der Waals surface area contributed by atoms with Crippen LogP contribution in [0.4, 0.5) is 0 Å². The predicted molar refractivity (Wildman–Crippen MR) is 90.9 cm³/mol. The fourth-order valence-corrected chi connectivity index (χ4v) is 4.80. The van der Waals surface area contributed by atoms with E-state index in [0.29, 0.717) is 15.6 Å². The van der Waals surface area contributed by atoms with Crippen molar-refractivity contribution in [3.63, 3.8) is 0 Å². The van der Waals surface area contributed by atoms with Crippen LogP contribution in [0.25, 0.3) is 0 Å². The van der Waals surface area contributed by atoms with Crippen molar-refractivity contribution in [1.29, 1.82) is 0 Å². The number of carbonyl (C=O) groups is 2. The first kappa shape index (κ1) is 19.0. The lowest BCUT2D eigenvalue weighted by Crippen LogP contribution is -2.45. The molecular weight excluding hydrogens is 377 g/mol. The van der Waals surface area contributed by atoms with Gasteiger partial charge in [-0.15, -0.1) is 0 Å². The number of carboxylic acids is 1. The van der Waals surface area contributed by atoms with Crippen molar-refractivity contribution in [2.24, 2.45) is 5.92 Å². The Bertz CT molecular complexity index is 765. The van der Waals surface area contributed by atoms with Gasteiger partial charge >= 0.3 is 5.97 Å². The van der Waals surface area contributed by atoms with Gasteiger partial charge < -0.3 is 10.0 Å². The standard InChI is InChI=1S/C15H17Cl2NO5S/c1-9(15(20)21)18(7-10-2-3-12(16)6-13(10)17)14(19)11-4-5-24(22,23)8-11/h2-3,6,9,11H,4-5,7-8H2,1H3,(H,20,21). The number of carboxylic acid groups (broad SMARTS) is 1. The average molecular weight is 394 g/mol. The summed E-state index contributed by atoms with van der Waals surface area (Å²) in [5, 5.41) is 10.0. The van der Waals surface area contributed by atoms with Crippen molar-refractivity contribution in [3.05, 3.63) is 33.8 Å². The minimum atomic E-state index is -3.25. The van der Waals surface area contributed by atoms with Crippen molar-refractivity contribution in [3.8, 4) is 0 Å². The number of halogens is 2. The molecule has 0 saturated carbocycles. The molecule has 2 unspecified atom stereocenters. The first-order chi connectivity index (χ1) is 11.1. The average Bonchev–Trinajstić information content (AvgIpc) is 2.85. The van der Waals surface area contributed by atoms with Crippen LogP contribution in [0.5, 0.6) is 0 Å². The van der Waals surface area contributed by atoms with Crippen LogP contribution in [0.1, 0.15) is 18.9 Å². The number of amides is 1. The molecule has 6 nitrogen and oxygen atoms in total. The molecular formula is C15H17Cl2NO5S. The van der Waals surface area contributed by atoms with Crippen LogP contribution in [-0.2, 0) is 26.0 Å². The van der Waals surface area contributed by atoms with Crippen LogP contribution >= 0.6 is 23.2 Å². The van der Waals surface area contributed by atoms with E-state index >= 15 is 0 Å². The second-order valence-electron chi connectivity index (χ2n) is 5.82. The summed E-state index contributed by atoms with van der Waals surface area (Å²) in [5.74, 6) is -2.68. The van der Waals surface area contributed by atoms with E-state index in [2.05, 4.69) is 0 Å². The Morgan fingerprint density at radius 3 is 2.54 bits per heavy atom. The summed E-state index contributed by atoms with van der Waals surface area (Å²) in [5.41, 5.74) is 0.545. The van der Waals surface area contributed by atoms with Crippen LogP contribution in [0.3, 0.4) is 0 Å². The van der Waals surface area contributed by atoms with Crippen molar-refractivity contribution in [1.82, 2.24) is 4.90 Å². The summed E-state index contributed by atoms with van der Waals surface area (Å²) < 4.78 is 23.2. The van der Waals surface area contributed by atoms with Crippen molar-refractivity contribution in [2.45, 2.75) is 25.9 Å². The fourth-order valence-electron chi connectivity index (χ4n) is 2.60. The molecule has 1 N–H and O–H groups in total. The van der Waals surface area contributed by atoms with Crippen molar-refractivity contribution >= 4 is 44.9 Å². The van der Waals surface area contributed by atoms with E-state index in [1.54, 1.807) is 12.1 Å². The molecule has 1 aromatic carbocycles. The molecule has 1 aliphatic rings. The number of sulfone groups is 1. The molecule has 24 heavy (non-hydrogen) atoms. The minimum Gasteiger partial charge on any atom is -0.480 e. The van der Waals surface area contributed by atoms with Gasteiger partial charge in [-0.3, -0.25) is 4.79 Å². The summed E-state index contributed by atoms with van der Waals surface area (Å²) >= 11 is 11.9. The third-order valence-corrected chi connectivity index (χ3v) is 6.40. The molecule has 9 heteroatoms. The lowest BCUT2D eigenvalue weighted by molar-refractivity contribution is -0.151. The SMILES string of the molecule is CC(C(=O)O)N(Cc1ccc(Cl)cc1Cl)C(=O)C1CCS(=O)(=O)C1. The van der Waals surface area contributed by atoms with Gasteiger partial charge in [0.25, 0.3) is 0 Å². The molecule has 0 radical (unpaired) electrons. The Labute approximate surface area is 150 Å². The molecule has 1 heterocycles. The van der Waals surface area contributed by atoms with Gasteiger partial charge in [-0.2, -0.15) is 0 Å². The third kappa shape index (κ3) is 4.40. The van der Waals surface area contributed by atoms with Gasteiger partial charge in [-0.05, 0) is 31.0 Å². The molecule has 0 spiro atoms. The zero-order valence-electron chi connectivity index (χ0n) is 12.9. The van der Waals surface area contributed by atoms with Gasteiger partial charge in [-0.1, -0.05) is 29.3 Å². The van der Waals surface area contributed by atoms with E-state index in [1.165, 1.54) is 13.0 Å². The second-order valence-corrected chi connectivity index (χ2v) is 8.89. The highest BCUT2D eigenvalue weighted by atomic mass is 35.5. The van der Waals surface area contributed by atoms with E-state index in [-0.39, 0.29) is 24.5 Å². The third-order valence-electron chi connectivity index (χ3n) is 4.05. The first-order valence-corrected chi connectivity index (χ1v) is 9.86. The number of hydrogen-bond donors (Lipinski definition) is 1. The summed E-state index contributed by atoms with van der Waals surface area (Å²) in [4.78, 5) is 25.2. The minimum absolute atomic E-state index is 0.0289. The maximum atomic E-state index is 12.7. The molecule has 2 atom stereocenters. The fraction of sp³-hybridized carbons (Fsp3) is 0.467. The first-order valence-electron chi connectivity index (χ1n) is 7.28. The quantitative estimate of drug-likeness (QED) is 0.827. The van der Waals surface area contributed by atoms with E-state index < -0.39 is 33.7 Å². The van der Waals surface area contributed by atoms with Crippen LogP contribution in [0.2, 0.25) is 10.0 Å². The van der Waals surface area contributed by atoms with E-state index in [1.807, 2.05) is 0 Å². The van der Waals surface area contributed by atoms with Gasteiger partial charge in [-0.25, -0.2) is 13.2 Å². The van der Waals surface area contributed by atoms with Crippen LogP contribution in [0.15, 0.2) is 18.2 Å². The number of aliphatic carboxylic acids is 1. The zero-order chi connectivity index (χ0) is 18.1. The highest BCUT2D eigenvalue weighted by molar-refractivity contribution is 7.91. The zero-order valence-corrected chi connectivity index (χ0v) is 15.2. The van der Waals surface area contributed by atoms with Crippen molar-refractivity contribution < 1.29 is 23.1 Å². The molecule has 1 fully saturated rings. The maximum absolute atomic E-state index is 12.7.